The van der Waals surface area contributed by atoms with Gasteiger partial charge in [-0.05, 0) is 13.0 Å². The molecule has 6 heteroatoms. The van der Waals surface area contributed by atoms with Gasteiger partial charge in [0.15, 0.2) is 0 Å². The Morgan fingerprint density at radius 1 is 1.77 bits per heavy atom. The molecular weight excluding hydrogens is 188 g/mol. The summed E-state index contributed by atoms with van der Waals surface area (Å²) in [6, 6.07) is 0.225. The first kappa shape index (κ1) is 10.4. The number of rotatable bonds is 6. The Kier molecular flexibility index (Phi) is 4.66. The number of methoxy groups -OCH3 is 1. The predicted molar refractivity (Wildman–Crippen MR) is 52.9 cm³/mol. The van der Waals surface area contributed by atoms with Crippen molar-refractivity contribution < 1.29 is 4.74 Å². The summed E-state index contributed by atoms with van der Waals surface area (Å²) in [4.78, 5) is 0. The first-order valence-electron chi connectivity index (χ1n) is 4.08. The van der Waals surface area contributed by atoms with Gasteiger partial charge in [0.25, 0.3) is 0 Å². The lowest BCUT2D eigenvalue weighted by Crippen LogP contribution is -2.27. The molecule has 1 unspecified atom stereocenters. The van der Waals surface area contributed by atoms with Gasteiger partial charge in [-0.3, -0.25) is 0 Å². The molecule has 0 spiro atoms. The second-order valence-corrected chi connectivity index (χ2v) is 3.45. The van der Waals surface area contributed by atoms with Crippen LogP contribution in [-0.2, 0) is 4.74 Å². The van der Waals surface area contributed by atoms with Gasteiger partial charge >= 0.3 is 0 Å². The van der Waals surface area contributed by atoms with Gasteiger partial charge in [-0.1, -0.05) is 11.3 Å². The van der Waals surface area contributed by atoms with Crippen LogP contribution in [-0.4, -0.2) is 36.5 Å². The van der Waals surface area contributed by atoms with E-state index in [0.717, 1.165) is 11.6 Å². The zero-order valence-electron chi connectivity index (χ0n) is 7.56. The topological polar surface area (TPSA) is 73.1 Å². The lowest BCUT2D eigenvalue weighted by molar-refractivity contribution is 0.183. The molecule has 1 aromatic heterocycles. The highest BCUT2D eigenvalue weighted by Gasteiger charge is 2.08. The minimum Gasteiger partial charge on any atom is -0.383 e. The number of nitrogens with two attached hydrogens (primary N) is 1. The van der Waals surface area contributed by atoms with Gasteiger partial charge in [0.05, 0.1) is 12.6 Å². The zero-order valence-corrected chi connectivity index (χ0v) is 8.38. The summed E-state index contributed by atoms with van der Waals surface area (Å²) in [5.41, 5.74) is 7.15. The van der Waals surface area contributed by atoms with Crippen molar-refractivity contribution in [1.29, 1.82) is 0 Å². The summed E-state index contributed by atoms with van der Waals surface area (Å²) < 4.78 is 5.04. The van der Waals surface area contributed by atoms with Gasteiger partial charge in [-0.2, -0.15) is 0 Å². The maximum atomic E-state index is 5.46. The fourth-order valence-electron chi connectivity index (χ4n) is 1.01. The van der Waals surface area contributed by atoms with E-state index in [2.05, 4.69) is 15.5 Å². The number of anilines is 1. The fourth-order valence-corrected chi connectivity index (χ4v) is 1.53. The summed E-state index contributed by atoms with van der Waals surface area (Å²) in [5.74, 6) is 0. The van der Waals surface area contributed by atoms with Crippen molar-refractivity contribution in [3.8, 4) is 0 Å². The first-order chi connectivity index (χ1) is 6.36. The van der Waals surface area contributed by atoms with Crippen LogP contribution in [0, 0.1) is 0 Å². The fraction of sp³-hybridized carbons (Fsp3) is 0.714. The van der Waals surface area contributed by atoms with E-state index in [1.165, 1.54) is 11.3 Å². The van der Waals surface area contributed by atoms with Crippen molar-refractivity contribution >= 4 is 16.5 Å². The van der Waals surface area contributed by atoms with E-state index in [9.17, 15) is 0 Å². The van der Waals surface area contributed by atoms with Gasteiger partial charge in [0, 0.05) is 7.11 Å². The Morgan fingerprint density at radius 3 is 3.15 bits per heavy atom. The standard InChI is InChI=1S/C7H14N4OS/c1-12-4-6(2-3-8)10-7-11-9-5-13-7/h5-6H,2-4,8H2,1H3,(H,10,11). The molecule has 0 fully saturated rings. The van der Waals surface area contributed by atoms with Gasteiger partial charge in [0.2, 0.25) is 5.13 Å². The van der Waals surface area contributed by atoms with E-state index in [-0.39, 0.29) is 6.04 Å². The third-order valence-corrected chi connectivity index (χ3v) is 2.19. The van der Waals surface area contributed by atoms with Crippen LogP contribution in [0.25, 0.3) is 0 Å². The van der Waals surface area contributed by atoms with Gasteiger partial charge in [-0.15, -0.1) is 10.2 Å². The van der Waals surface area contributed by atoms with Crippen LogP contribution in [0.15, 0.2) is 5.51 Å². The number of hydrogen-bond acceptors (Lipinski definition) is 6. The highest BCUT2D eigenvalue weighted by molar-refractivity contribution is 7.13. The van der Waals surface area contributed by atoms with Gasteiger partial charge in [0.1, 0.15) is 5.51 Å². The molecule has 0 radical (unpaired) electrons. The molecule has 5 nitrogen and oxygen atoms in total. The van der Waals surface area contributed by atoms with Crippen molar-refractivity contribution in [2.24, 2.45) is 5.73 Å². The summed E-state index contributed by atoms with van der Waals surface area (Å²) in [5, 5.41) is 11.6. The summed E-state index contributed by atoms with van der Waals surface area (Å²) in [7, 11) is 1.67. The van der Waals surface area contributed by atoms with Gasteiger partial charge < -0.3 is 15.8 Å². The van der Waals surface area contributed by atoms with Crippen LogP contribution in [0.3, 0.4) is 0 Å². The second kappa shape index (κ2) is 5.85. The molecule has 1 atom stereocenters. The van der Waals surface area contributed by atoms with Crippen LogP contribution >= 0.6 is 11.3 Å². The van der Waals surface area contributed by atoms with E-state index < -0.39 is 0 Å². The SMILES string of the molecule is COCC(CCN)Nc1nncs1. The molecule has 0 aliphatic heterocycles. The molecule has 1 rings (SSSR count). The van der Waals surface area contributed by atoms with Crippen molar-refractivity contribution in [3.05, 3.63) is 5.51 Å². The largest absolute Gasteiger partial charge is 0.383 e. The molecule has 0 amide bonds. The van der Waals surface area contributed by atoms with Crippen LogP contribution < -0.4 is 11.1 Å². The predicted octanol–water partition coefficient (Wildman–Crippen LogP) is 0.314. The number of ether oxygens (including phenoxy) is 1. The highest BCUT2D eigenvalue weighted by Crippen LogP contribution is 2.10. The minimum atomic E-state index is 0.225. The van der Waals surface area contributed by atoms with E-state index in [0.29, 0.717) is 13.2 Å². The van der Waals surface area contributed by atoms with Crippen molar-refractivity contribution in [3.63, 3.8) is 0 Å². The molecule has 0 aromatic carbocycles. The first-order valence-corrected chi connectivity index (χ1v) is 4.96. The van der Waals surface area contributed by atoms with Crippen LogP contribution in [0.2, 0.25) is 0 Å². The average Bonchev–Trinajstić information content (AvgIpc) is 2.58. The van der Waals surface area contributed by atoms with Crippen LogP contribution in [0.4, 0.5) is 5.13 Å². The average molecular weight is 202 g/mol. The van der Waals surface area contributed by atoms with E-state index >= 15 is 0 Å². The summed E-state index contributed by atoms with van der Waals surface area (Å²) >= 11 is 1.47. The van der Waals surface area contributed by atoms with Crippen molar-refractivity contribution in [1.82, 2.24) is 10.2 Å². The van der Waals surface area contributed by atoms with Crippen LogP contribution in [0.5, 0.6) is 0 Å². The molecule has 0 saturated carbocycles. The smallest absolute Gasteiger partial charge is 0.205 e. The Morgan fingerprint density at radius 2 is 2.62 bits per heavy atom. The maximum Gasteiger partial charge on any atom is 0.205 e. The van der Waals surface area contributed by atoms with Crippen molar-refractivity contribution in [2.75, 3.05) is 25.6 Å². The summed E-state index contributed by atoms with van der Waals surface area (Å²) in [6.45, 7) is 1.27. The quantitative estimate of drug-likeness (QED) is 0.694. The zero-order chi connectivity index (χ0) is 9.52. The molecule has 1 aromatic rings. The Labute approximate surface area is 81.3 Å². The number of nitrogens with one attached hydrogen (secondary N) is 1. The molecule has 0 bridgehead atoms. The maximum absolute atomic E-state index is 5.46. The van der Waals surface area contributed by atoms with E-state index in [4.69, 9.17) is 10.5 Å². The molecule has 0 aliphatic rings. The van der Waals surface area contributed by atoms with Gasteiger partial charge in [-0.25, -0.2) is 0 Å². The molecule has 74 valence electrons. The minimum absolute atomic E-state index is 0.225. The molecule has 1 heterocycles. The monoisotopic (exact) mass is 202 g/mol. The molecule has 0 saturated heterocycles. The molecule has 13 heavy (non-hydrogen) atoms. The molecule has 0 aliphatic carbocycles. The summed E-state index contributed by atoms with van der Waals surface area (Å²) in [6.07, 6.45) is 0.868. The highest BCUT2D eigenvalue weighted by atomic mass is 32.1. The third-order valence-electron chi connectivity index (χ3n) is 1.57. The Balaban J connectivity index is 2.37. The Bertz CT molecular complexity index is 210. The number of hydrogen-bond donors (Lipinski definition) is 2. The van der Waals surface area contributed by atoms with E-state index in [1.54, 1.807) is 12.6 Å². The van der Waals surface area contributed by atoms with Crippen molar-refractivity contribution in [2.45, 2.75) is 12.5 Å². The number of aromatic nitrogens is 2. The molecular formula is C7H14N4OS. The second-order valence-electron chi connectivity index (χ2n) is 2.62. The number of nitrogens with zero attached hydrogens (tertiary/aromatic N) is 2. The lowest BCUT2D eigenvalue weighted by Gasteiger charge is -2.15. The Hall–Kier alpha value is -0.720. The lowest BCUT2D eigenvalue weighted by atomic mass is 10.2. The molecule has 3 N–H and O–H groups in total. The van der Waals surface area contributed by atoms with Crippen LogP contribution in [0.1, 0.15) is 6.42 Å². The van der Waals surface area contributed by atoms with E-state index in [1.807, 2.05) is 0 Å². The normalized spacial score (nSPS) is 12.8. The third kappa shape index (κ3) is 3.67.